The van der Waals surface area contributed by atoms with Crippen LogP contribution in [0, 0.1) is 0 Å². The molecule has 0 spiro atoms. The lowest BCUT2D eigenvalue weighted by Crippen LogP contribution is -2.17. The molecule has 0 aromatic heterocycles. The van der Waals surface area contributed by atoms with Gasteiger partial charge < -0.3 is 19.0 Å². The average Bonchev–Trinajstić information content (AvgIpc) is 3.19. The lowest BCUT2D eigenvalue weighted by molar-refractivity contribution is -0.147. The number of oxime groups is 1. The molecule has 7 heteroatoms. The van der Waals surface area contributed by atoms with Gasteiger partial charge in [0.25, 0.3) is 0 Å². The van der Waals surface area contributed by atoms with Crippen LogP contribution in [0.1, 0.15) is 35.3 Å². The molecule has 0 bridgehead atoms. The third-order valence-electron chi connectivity index (χ3n) is 4.22. The van der Waals surface area contributed by atoms with Gasteiger partial charge in [0.2, 0.25) is 13.4 Å². The summed E-state index contributed by atoms with van der Waals surface area (Å²) in [5, 5.41) is 3.90. The molecule has 0 saturated carbocycles. The van der Waals surface area contributed by atoms with Crippen molar-refractivity contribution in [3.05, 3.63) is 59.2 Å². The Bertz CT molecular complexity index is 888. The molecule has 0 amide bonds. The lowest BCUT2D eigenvalue weighted by atomic mass is 10.1. The summed E-state index contributed by atoms with van der Waals surface area (Å²) >= 11 is 0. The first kappa shape index (κ1) is 19.4. The Balaban J connectivity index is 1.44. The van der Waals surface area contributed by atoms with Crippen molar-refractivity contribution in [2.45, 2.75) is 20.3 Å². The zero-order chi connectivity index (χ0) is 19.9. The Kier molecular flexibility index (Phi) is 6.26. The van der Waals surface area contributed by atoms with Crippen molar-refractivity contribution < 1.29 is 28.6 Å². The van der Waals surface area contributed by atoms with E-state index in [0.29, 0.717) is 22.8 Å². The number of carbonyl (C=O) groups is 2. The molecule has 1 aliphatic rings. The van der Waals surface area contributed by atoms with E-state index in [4.69, 9.17) is 19.0 Å². The highest BCUT2D eigenvalue weighted by molar-refractivity contribution is 5.99. The zero-order valence-corrected chi connectivity index (χ0v) is 15.8. The van der Waals surface area contributed by atoms with Gasteiger partial charge in [-0.3, -0.25) is 4.79 Å². The number of benzene rings is 2. The average molecular weight is 383 g/mol. The molecule has 7 nitrogen and oxygen atoms in total. The quantitative estimate of drug-likeness (QED) is 0.301. The van der Waals surface area contributed by atoms with E-state index in [9.17, 15) is 9.59 Å². The number of fused-ring (bicyclic) bond motifs is 1. The SMILES string of the molecule is CCc1ccc(C(=O)COC(=O)CO/N=C(/C)c2ccc3c(c2)OCO3)cc1. The minimum atomic E-state index is -0.666. The number of aryl methyl sites for hydroxylation is 1. The molecule has 28 heavy (non-hydrogen) atoms. The van der Waals surface area contributed by atoms with E-state index < -0.39 is 5.97 Å². The molecule has 0 fully saturated rings. The molecular weight excluding hydrogens is 362 g/mol. The maximum absolute atomic E-state index is 12.0. The number of Topliss-reactive ketones (excluding diaryl/α,β-unsaturated/α-hetero) is 1. The van der Waals surface area contributed by atoms with E-state index in [2.05, 4.69) is 5.16 Å². The van der Waals surface area contributed by atoms with Crippen LogP contribution in [0.5, 0.6) is 11.5 Å². The highest BCUT2D eigenvalue weighted by atomic mass is 16.7. The van der Waals surface area contributed by atoms with Crippen molar-refractivity contribution in [1.82, 2.24) is 0 Å². The van der Waals surface area contributed by atoms with Crippen LogP contribution in [0.25, 0.3) is 0 Å². The van der Waals surface area contributed by atoms with E-state index >= 15 is 0 Å². The summed E-state index contributed by atoms with van der Waals surface area (Å²) in [6.07, 6.45) is 0.896. The minimum Gasteiger partial charge on any atom is -0.455 e. The molecule has 0 radical (unpaired) electrons. The summed E-state index contributed by atoms with van der Waals surface area (Å²) in [6, 6.07) is 12.6. The number of rotatable bonds is 8. The van der Waals surface area contributed by atoms with Gasteiger partial charge in [-0.25, -0.2) is 4.79 Å². The highest BCUT2D eigenvalue weighted by Crippen LogP contribution is 2.32. The predicted octanol–water partition coefficient (Wildman–Crippen LogP) is 3.14. The molecule has 0 atom stereocenters. The molecule has 3 rings (SSSR count). The fraction of sp³-hybridized carbons (Fsp3) is 0.286. The van der Waals surface area contributed by atoms with Gasteiger partial charge >= 0.3 is 5.97 Å². The van der Waals surface area contributed by atoms with Crippen LogP contribution in [-0.2, 0) is 20.8 Å². The summed E-state index contributed by atoms with van der Waals surface area (Å²) in [5.74, 6) is 0.379. The Labute approximate surface area is 162 Å². The van der Waals surface area contributed by atoms with Gasteiger partial charge in [0.1, 0.15) is 0 Å². The van der Waals surface area contributed by atoms with Crippen molar-refractivity contribution in [2.24, 2.45) is 5.16 Å². The Hall–Kier alpha value is -3.35. The number of ether oxygens (including phenoxy) is 3. The topological polar surface area (TPSA) is 83.4 Å². The van der Waals surface area contributed by atoms with Crippen molar-refractivity contribution in [3.63, 3.8) is 0 Å². The molecule has 146 valence electrons. The molecule has 1 aliphatic heterocycles. The van der Waals surface area contributed by atoms with Crippen molar-refractivity contribution in [2.75, 3.05) is 20.0 Å². The van der Waals surface area contributed by atoms with Crippen LogP contribution >= 0.6 is 0 Å². The minimum absolute atomic E-state index is 0.193. The van der Waals surface area contributed by atoms with Gasteiger partial charge in [-0.15, -0.1) is 0 Å². The normalized spacial score (nSPS) is 12.6. The van der Waals surface area contributed by atoms with Crippen molar-refractivity contribution >= 4 is 17.5 Å². The van der Waals surface area contributed by atoms with Gasteiger partial charge in [-0.1, -0.05) is 36.3 Å². The summed E-state index contributed by atoms with van der Waals surface area (Å²) in [6.45, 7) is 3.25. The fourth-order valence-corrected chi connectivity index (χ4v) is 2.55. The van der Waals surface area contributed by atoms with Crippen LogP contribution in [0.15, 0.2) is 47.6 Å². The first-order valence-corrected chi connectivity index (χ1v) is 8.91. The monoisotopic (exact) mass is 383 g/mol. The van der Waals surface area contributed by atoms with Crippen molar-refractivity contribution in [1.29, 1.82) is 0 Å². The number of nitrogens with zero attached hydrogens (tertiary/aromatic N) is 1. The number of hydrogen-bond acceptors (Lipinski definition) is 7. The second-order valence-corrected chi connectivity index (χ2v) is 6.15. The van der Waals surface area contributed by atoms with Crippen LogP contribution in [0.2, 0.25) is 0 Å². The Morgan fingerprint density at radius 2 is 1.71 bits per heavy atom. The van der Waals surface area contributed by atoms with Crippen molar-refractivity contribution in [3.8, 4) is 11.5 Å². The predicted molar refractivity (Wildman–Crippen MR) is 102 cm³/mol. The summed E-state index contributed by atoms with van der Waals surface area (Å²) in [5.41, 5.74) is 2.99. The molecule has 2 aromatic rings. The largest absolute Gasteiger partial charge is 0.455 e. The Morgan fingerprint density at radius 1 is 1.00 bits per heavy atom. The zero-order valence-electron chi connectivity index (χ0n) is 15.8. The van der Waals surface area contributed by atoms with Gasteiger partial charge in [0.15, 0.2) is 23.9 Å². The van der Waals surface area contributed by atoms with Gasteiger partial charge in [-0.2, -0.15) is 0 Å². The van der Waals surface area contributed by atoms with Crippen LogP contribution in [0.3, 0.4) is 0 Å². The van der Waals surface area contributed by atoms with E-state index in [1.165, 1.54) is 0 Å². The van der Waals surface area contributed by atoms with Crippen LogP contribution in [0.4, 0.5) is 0 Å². The van der Waals surface area contributed by atoms with E-state index in [1.54, 1.807) is 31.2 Å². The Morgan fingerprint density at radius 3 is 2.46 bits per heavy atom. The molecule has 2 aromatic carbocycles. The highest BCUT2D eigenvalue weighted by Gasteiger charge is 2.14. The standard InChI is InChI=1S/C21H21NO6/c1-3-15-4-6-16(7-5-15)18(23)11-25-21(24)12-28-22-14(2)17-8-9-19-20(10-17)27-13-26-19/h4-10H,3,11-13H2,1-2H3/b22-14-. The van der Waals surface area contributed by atoms with Gasteiger partial charge in [0.05, 0.1) is 5.71 Å². The van der Waals surface area contributed by atoms with Crippen LogP contribution < -0.4 is 9.47 Å². The maximum atomic E-state index is 12.0. The molecular formula is C21H21NO6. The van der Waals surface area contributed by atoms with E-state index in [-0.39, 0.29) is 25.8 Å². The smallest absolute Gasteiger partial charge is 0.347 e. The fourth-order valence-electron chi connectivity index (χ4n) is 2.55. The van der Waals surface area contributed by atoms with E-state index in [1.807, 2.05) is 25.1 Å². The molecule has 0 saturated heterocycles. The number of esters is 1. The number of ketones is 1. The summed E-state index contributed by atoms with van der Waals surface area (Å²) in [4.78, 5) is 28.8. The summed E-state index contributed by atoms with van der Waals surface area (Å²) < 4.78 is 15.5. The summed E-state index contributed by atoms with van der Waals surface area (Å²) in [7, 11) is 0. The molecule has 0 aliphatic carbocycles. The molecule has 0 unspecified atom stereocenters. The molecule has 1 heterocycles. The van der Waals surface area contributed by atoms with Crippen LogP contribution in [-0.4, -0.2) is 37.5 Å². The first-order chi connectivity index (χ1) is 13.6. The third-order valence-corrected chi connectivity index (χ3v) is 4.22. The first-order valence-electron chi connectivity index (χ1n) is 8.91. The second kappa shape index (κ2) is 9.03. The third kappa shape index (κ3) is 4.88. The maximum Gasteiger partial charge on any atom is 0.347 e. The van der Waals surface area contributed by atoms with Gasteiger partial charge in [-0.05, 0) is 37.1 Å². The number of hydrogen-bond donors (Lipinski definition) is 0. The van der Waals surface area contributed by atoms with E-state index in [0.717, 1.165) is 17.5 Å². The second-order valence-electron chi connectivity index (χ2n) is 6.15. The van der Waals surface area contributed by atoms with Gasteiger partial charge in [0, 0.05) is 11.1 Å². The molecule has 0 N–H and O–H groups in total. The lowest BCUT2D eigenvalue weighted by Gasteiger charge is -2.05. The number of carbonyl (C=O) groups excluding carboxylic acids is 2.